The first-order chi connectivity index (χ1) is 13.9. The topological polar surface area (TPSA) is 65.2 Å². The molecule has 1 atom stereocenters. The lowest BCUT2D eigenvalue weighted by molar-refractivity contribution is -0.128. The van der Waals surface area contributed by atoms with Gasteiger partial charge in [0.05, 0.1) is 5.92 Å². The number of likely N-dealkylation sites (tertiary alicyclic amines) is 1. The number of carbonyl (C=O) groups is 2. The van der Waals surface area contributed by atoms with E-state index in [-0.39, 0.29) is 24.2 Å². The summed E-state index contributed by atoms with van der Waals surface area (Å²) in [6.45, 7) is 5.01. The lowest BCUT2D eigenvalue weighted by Crippen LogP contribution is -2.30. The Bertz CT molecular complexity index is 1090. The summed E-state index contributed by atoms with van der Waals surface area (Å²) >= 11 is 6.12. The Balaban J connectivity index is 1.39. The molecular formula is C23H24ClN3O2. The van der Waals surface area contributed by atoms with E-state index in [0.29, 0.717) is 18.1 Å². The fourth-order valence-electron chi connectivity index (χ4n) is 3.88. The molecule has 1 aromatic heterocycles. The van der Waals surface area contributed by atoms with Gasteiger partial charge in [0.15, 0.2) is 0 Å². The van der Waals surface area contributed by atoms with E-state index < -0.39 is 0 Å². The monoisotopic (exact) mass is 409 g/mol. The van der Waals surface area contributed by atoms with E-state index in [0.717, 1.165) is 39.7 Å². The van der Waals surface area contributed by atoms with E-state index in [1.54, 1.807) is 4.90 Å². The van der Waals surface area contributed by atoms with Gasteiger partial charge in [0.2, 0.25) is 11.8 Å². The number of H-pyrrole nitrogens is 1. The van der Waals surface area contributed by atoms with Crippen molar-refractivity contribution < 1.29 is 9.59 Å². The van der Waals surface area contributed by atoms with Gasteiger partial charge in [-0.25, -0.2) is 0 Å². The minimum Gasteiger partial charge on any atom is -0.361 e. The van der Waals surface area contributed by atoms with Crippen LogP contribution in [0.5, 0.6) is 0 Å². The molecule has 2 amide bonds. The molecule has 0 radical (unpaired) electrons. The number of benzene rings is 2. The van der Waals surface area contributed by atoms with Crippen molar-refractivity contribution in [2.75, 3.05) is 18.4 Å². The van der Waals surface area contributed by atoms with Crippen LogP contribution >= 0.6 is 11.6 Å². The van der Waals surface area contributed by atoms with Crippen LogP contribution in [0, 0.1) is 19.8 Å². The largest absolute Gasteiger partial charge is 0.361 e. The maximum Gasteiger partial charge on any atom is 0.229 e. The number of aromatic nitrogens is 1. The molecular weight excluding hydrogens is 386 g/mol. The van der Waals surface area contributed by atoms with Gasteiger partial charge < -0.3 is 15.2 Å². The number of hydrogen-bond donors (Lipinski definition) is 2. The van der Waals surface area contributed by atoms with Gasteiger partial charge in [-0.15, -0.1) is 0 Å². The van der Waals surface area contributed by atoms with Crippen LogP contribution in [0.4, 0.5) is 5.69 Å². The molecule has 0 unspecified atom stereocenters. The quantitative estimate of drug-likeness (QED) is 0.653. The number of hydrogen-bond acceptors (Lipinski definition) is 2. The fraction of sp³-hybridized carbons (Fsp3) is 0.304. The molecule has 6 heteroatoms. The highest BCUT2D eigenvalue weighted by Crippen LogP contribution is 2.25. The third-order valence-electron chi connectivity index (χ3n) is 5.62. The predicted molar refractivity (Wildman–Crippen MR) is 116 cm³/mol. The van der Waals surface area contributed by atoms with E-state index in [2.05, 4.69) is 10.3 Å². The molecule has 150 valence electrons. The highest BCUT2D eigenvalue weighted by molar-refractivity contribution is 6.31. The number of aromatic amines is 1. The second kappa shape index (κ2) is 7.91. The molecule has 1 saturated heterocycles. The van der Waals surface area contributed by atoms with Gasteiger partial charge in [-0.1, -0.05) is 23.7 Å². The summed E-state index contributed by atoms with van der Waals surface area (Å²) < 4.78 is 0. The minimum absolute atomic E-state index is 0.0315. The lowest BCUT2D eigenvalue weighted by Gasteiger charge is -2.17. The number of amides is 2. The fourth-order valence-corrected chi connectivity index (χ4v) is 4.05. The third-order valence-corrected chi connectivity index (χ3v) is 5.85. The maximum absolute atomic E-state index is 12.7. The Labute approximate surface area is 175 Å². The molecule has 1 fully saturated rings. The smallest absolute Gasteiger partial charge is 0.229 e. The first-order valence-corrected chi connectivity index (χ1v) is 10.2. The Hall–Kier alpha value is -2.79. The molecule has 0 spiro atoms. The summed E-state index contributed by atoms with van der Waals surface area (Å²) in [6.07, 6.45) is 2.94. The molecule has 1 aliphatic heterocycles. The molecule has 2 aromatic carbocycles. The van der Waals surface area contributed by atoms with E-state index in [1.165, 1.54) is 0 Å². The Kier molecular flexibility index (Phi) is 5.33. The molecule has 29 heavy (non-hydrogen) atoms. The highest BCUT2D eigenvalue weighted by atomic mass is 35.5. The van der Waals surface area contributed by atoms with Gasteiger partial charge in [0, 0.05) is 47.3 Å². The van der Waals surface area contributed by atoms with Crippen molar-refractivity contribution in [2.45, 2.75) is 26.7 Å². The van der Waals surface area contributed by atoms with Crippen LogP contribution < -0.4 is 5.32 Å². The first kappa shape index (κ1) is 19.5. The normalized spacial score (nSPS) is 16.6. The van der Waals surface area contributed by atoms with Crippen molar-refractivity contribution in [3.63, 3.8) is 0 Å². The number of fused-ring (bicyclic) bond motifs is 1. The molecule has 5 nitrogen and oxygen atoms in total. The van der Waals surface area contributed by atoms with Crippen LogP contribution in [0.15, 0.2) is 42.6 Å². The van der Waals surface area contributed by atoms with Crippen LogP contribution in [0.3, 0.4) is 0 Å². The number of anilines is 1. The van der Waals surface area contributed by atoms with Gasteiger partial charge >= 0.3 is 0 Å². The number of halogens is 1. The standard InChI is InChI=1S/C23H24ClN3O2/c1-14-3-4-15(2)21(9-14)26-23(29)17-10-22(28)27(13-17)8-7-16-12-25-20-6-5-18(24)11-19(16)20/h3-6,9,11-12,17,25H,7-8,10,13H2,1-2H3,(H,26,29)/t17-/m0/s1. The molecule has 4 rings (SSSR count). The molecule has 2 N–H and O–H groups in total. The molecule has 1 aliphatic rings. The zero-order chi connectivity index (χ0) is 20.5. The Morgan fingerprint density at radius 3 is 2.90 bits per heavy atom. The number of nitrogens with zero attached hydrogens (tertiary/aromatic N) is 1. The summed E-state index contributed by atoms with van der Waals surface area (Å²) in [5.41, 5.74) is 5.08. The van der Waals surface area contributed by atoms with Crippen molar-refractivity contribution in [1.29, 1.82) is 0 Å². The average Bonchev–Trinajstić information content (AvgIpc) is 3.26. The molecule has 3 aromatic rings. The number of aryl methyl sites for hydroxylation is 2. The average molecular weight is 410 g/mol. The van der Waals surface area contributed by atoms with Gasteiger partial charge in [-0.2, -0.15) is 0 Å². The van der Waals surface area contributed by atoms with Gasteiger partial charge in [-0.05, 0) is 61.2 Å². The van der Waals surface area contributed by atoms with E-state index in [1.807, 2.05) is 56.4 Å². The van der Waals surface area contributed by atoms with Crippen LogP contribution in [0.25, 0.3) is 10.9 Å². The summed E-state index contributed by atoms with van der Waals surface area (Å²) in [5, 5.41) is 4.77. The second-order valence-electron chi connectivity index (χ2n) is 7.80. The van der Waals surface area contributed by atoms with E-state index >= 15 is 0 Å². The highest BCUT2D eigenvalue weighted by Gasteiger charge is 2.34. The van der Waals surface area contributed by atoms with E-state index in [4.69, 9.17) is 11.6 Å². The Morgan fingerprint density at radius 1 is 1.24 bits per heavy atom. The number of rotatable bonds is 5. The first-order valence-electron chi connectivity index (χ1n) is 9.82. The summed E-state index contributed by atoms with van der Waals surface area (Å²) in [6, 6.07) is 11.7. The summed E-state index contributed by atoms with van der Waals surface area (Å²) in [5.74, 6) is -0.378. The zero-order valence-corrected chi connectivity index (χ0v) is 17.3. The van der Waals surface area contributed by atoms with Crippen molar-refractivity contribution in [2.24, 2.45) is 5.92 Å². The van der Waals surface area contributed by atoms with Gasteiger partial charge in [0.25, 0.3) is 0 Å². The number of carbonyl (C=O) groups excluding carboxylic acids is 2. The van der Waals surface area contributed by atoms with Crippen LogP contribution in [-0.4, -0.2) is 34.8 Å². The van der Waals surface area contributed by atoms with Crippen LogP contribution in [0.2, 0.25) is 5.02 Å². The van der Waals surface area contributed by atoms with Crippen molar-refractivity contribution in [3.8, 4) is 0 Å². The minimum atomic E-state index is -0.320. The zero-order valence-electron chi connectivity index (χ0n) is 16.6. The SMILES string of the molecule is Cc1ccc(C)c(NC(=O)[C@H]2CC(=O)N(CCc3c[nH]c4ccc(Cl)cc34)C2)c1. The van der Waals surface area contributed by atoms with Crippen molar-refractivity contribution >= 4 is 40.0 Å². The summed E-state index contributed by atoms with van der Waals surface area (Å²) in [4.78, 5) is 30.2. The summed E-state index contributed by atoms with van der Waals surface area (Å²) in [7, 11) is 0. The maximum atomic E-state index is 12.7. The molecule has 2 heterocycles. The van der Waals surface area contributed by atoms with Gasteiger partial charge in [0.1, 0.15) is 0 Å². The second-order valence-corrected chi connectivity index (χ2v) is 8.24. The van der Waals surface area contributed by atoms with E-state index in [9.17, 15) is 9.59 Å². The molecule has 0 aliphatic carbocycles. The molecule has 0 bridgehead atoms. The van der Waals surface area contributed by atoms with Crippen LogP contribution in [-0.2, 0) is 16.0 Å². The Morgan fingerprint density at radius 2 is 2.07 bits per heavy atom. The van der Waals surface area contributed by atoms with Crippen molar-refractivity contribution in [3.05, 3.63) is 64.3 Å². The third kappa shape index (κ3) is 4.15. The van der Waals surface area contributed by atoms with Crippen LogP contribution in [0.1, 0.15) is 23.1 Å². The van der Waals surface area contributed by atoms with Crippen molar-refractivity contribution in [1.82, 2.24) is 9.88 Å². The van der Waals surface area contributed by atoms with Gasteiger partial charge in [-0.3, -0.25) is 9.59 Å². The molecule has 0 saturated carbocycles. The lowest BCUT2D eigenvalue weighted by atomic mass is 10.1. The number of nitrogens with one attached hydrogen (secondary N) is 2. The predicted octanol–water partition coefficient (Wildman–Crippen LogP) is 4.47.